The summed E-state index contributed by atoms with van der Waals surface area (Å²) >= 11 is 0. The maximum absolute atomic E-state index is 14.6. The van der Waals surface area contributed by atoms with Crippen molar-refractivity contribution < 1.29 is 78.4 Å². The van der Waals surface area contributed by atoms with Crippen LogP contribution in [-0.2, 0) is 44.7 Å². The zero-order chi connectivity index (χ0) is 60.2. The Kier molecular flexibility index (Phi) is 24.6. The highest BCUT2D eigenvalue weighted by Gasteiger charge is 2.57. The minimum absolute atomic E-state index is 0.0189. The number of ketones is 1. The second-order valence-electron chi connectivity index (χ2n) is 23.9. The number of ether oxygens (including phenoxy) is 2. The molecule has 21 heteroatoms. The summed E-state index contributed by atoms with van der Waals surface area (Å²) in [4.78, 5) is 82.3. The van der Waals surface area contributed by atoms with Gasteiger partial charge < -0.3 is 66.0 Å². The standard InChI is InChI=1S/C60H92FN5O15/c1-11-40-25-34(6)60(64-55(40)75)38(10)53(73)37(9)51(81-60)30-48(71)32(4)19-22-47(70)49(72)24-33(5)50-18-14-12-13-17-46(69)36(8)54(74)43(21-20-35(7)67)56(76)63-52(31(2)3)57(77)62-45(28-39-26-41(61)29-42(68)27-39)58(78)66-23-15-16-44(65-66)59(79)80-50/h12-14,17,24,26-27,29,31-32,34,36-38,40,43-54,65,68-74H,11,15-16,18-23,25,28,30H2,1-10H3,(H,62,77)(H,63,76)(H,64,75)/t32-,34-,36-,37-,38-,40-,43+,44?,45-,46-,47?,48-,49?,50-,51-,52-,53-,54+,60+/m0/s1. The number of hydrogen-bond acceptors (Lipinski definition) is 16. The first-order valence-electron chi connectivity index (χ1n) is 29.0. The van der Waals surface area contributed by atoms with E-state index in [2.05, 4.69) is 21.4 Å². The van der Waals surface area contributed by atoms with Crippen molar-refractivity contribution in [3.63, 3.8) is 0 Å². The number of fused-ring (bicyclic) bond motifs is 2. The van der Waals surface area contributed by atoms with E-state index in [9.17, 15) is 68.9 Å². The highest BCUT2D eigenvalue weighted by Crippen LogP contribution is 2.46. The summed E-state index contributed by atoms with van der Waals surface area (Å²) in [7, 11) is 0. The molecule has 20 nitrogen and oxygen atoms in total. The fourth-order valence-electron chi connectivity index (χ4n) is 11.7. The average Bonchev–Trinajstić information content (AvgIpc) is 3.52. The third kappa shape index (κ3) is 17.5. The average molecular weight is 1140 g/mol. The van der Waals surface area contributed by atoms with Crippen molar-refractivity contribution in [1.82, 2.24) is 26.4 Å². The Balaban J connectivity index is 1.37. The van der Waals surface area contributed by atoms with Crippen molar-refractivity contribution in [2.75, 3.05) is 6.54 Å². The summed E-state index contributed by atoms with van der Waals surface area (Å²) in [6, 6.07) is -0.673. The lowest BCUT2D eigenvalue weighted by Crippen LogP contribution is -2.71. The minimum Gasteiger partial charge on any atom is -0.508 e. The van der Waals surface area contributed by atoms with Crippen molar-refractivity contribution in [2.24, 2.45) is 47.3 Å². The van der Waals surface area contributed by atoms with Gasteiger partial charge in [-0.3, -0.25) is 29.0 Å². The number of Topliss-reactive ketones (excluding diaryl/α,β-unsaturated/α-hetero) is 1. The molecule has 0 aliphatic carbocycles. The first kappa shape index (κ1) is 66.7. The molecule has 454 valence electrons. The van der Waals surface area contributed by atoms with Crippen LogP contribution >= 0.6 is 0 Å². The number of aliphatic hydroxyl groups is 6. The molecule has 11 N–H and O–H groups in total. The largest absolute Gasteiger partial charge is 0.508 e. The van der Waals surface area contributed by atoms with E-state index in [0.29, 0.717) is 24.8 Å². The van der Waals surface area contributed by atoms with E-state index in [1.54, 1.807) is 32.9 Å². The Hall–Kier alpha value is -5.13. The Labute approximate surface area is 476 Å². The lowest BCUT2D eigenvalue weighted by molar-refractivity contribution is -0.267. The quantitative estimate of drug-likeness (QED) is 0.0830. The molecule has 81 heavy (non-hydrogen) atoms. The number of phenols is 1. The zero-order valence-electron chi connectivity index (χ0n) is 48.8. The molecule has 5 rings (SSSR count). The molecule has 4 aliphatic heterocycles. The Morgan fingerprint density at radius 1 is 0.901 bits per heavy atom. The van der Waals surface area contributed by atoms with Gasteiger partial charge in [-0.2, -0.15) is 0 Å². The fraction of sp³-hybridized carbons (Fsp3) is 0.700. The highest BCUT2D eigenvalue weighted by atomic mass is 19.1. The van der Waals surface area contributed by atoms with Crippen LogP contribution in [0.4, 0.5) is 4.39 Å². The number of carbonyl (C=O) groups is 6. The van der Waals surface area contributed by atoms with E-state index in [4.69, 9.17) is 9.47 Å². The predicted molar refractivity (Wildman–Crippen MR) is 298 cm³/mol. The number of halogens is 1. The van der Waals surface area contributed by atoms with Crippen LogP contribution in [0.15, 0.2) is 54.2 Å². The molecule has 0 saturated carbocycles. The number of aromatic hydroxyl groups is 1. The molecule has 0 aromatic heterocycles. The third-order valence-electron chi connectivity index (χ3n) is 17.4. The summed E-state index contributed by atoms with van der Waals surface area (Å²) < 4.78 is 27.4. The van der Waals surface area contributed by atoms with Gasteiger partial charge in [0.05, 0.1) is 48.6 Å². The van der Waals surface area contributed by atoms with E-state index in [0.717, 1.165) is 17.1 Å². The SMILES string of the molecule is CC[C@H]1C[C@H](C)[C@@]2(NC1=O)O[C@@H](C[C@H](O)[C@@H](C)CCC(O)C(O)C=C(C)[C@@H]1CC=CC=C[C@H](O)[C@H](C)[C@@H](O)[C@@H](CCC(C)=O)C(=O)N[C@@H](C(C)C)C(=O)N[C@@H](Cc3cc(O)cc(F)c3)C(=O)N3CCCC(N3)C(=O)O1)[C@H](C)[C@H](O)[C@@H]2C. The van der Waals surface area contributed by atoms with Gasteiger partial charge >= 0.3 is 5.97 Å². The normalized spacial score (nSPS) is 34.0. The molecule has 3 unspecified atom stereocenters. The third-order valence-corrected chi connectivity index (χ3v) is 17.4. The molecule has 3 saturated heterocycles. The van der Waals surface area contributed by atoms with Crippen LogP contribution in [0.3, 0.4) is 0 Å². The Bertz CT molecular complexity index is 2400. The number of hydrazine groups is 1. The van der Waals surface area contributed by atoms with Gasteiger partial charge in [-0.15, -0.1) is 0 Å². The molecule has 2 bridgehead atoms. The van der Waals surface area contributed by atoms with Crippen LogP contribution in [0, 0.1) is 53.2 Å². The number of phenolic OH excluding ortho intramolecular Hbond substituents is 1. The number of carbonyl (C=O) groups excluding carboxylic acids is 6. The number of amides is 4. The summed E-state index contributed by atoms with van der Waals surface area (Å²) in [5.74, 6) is -8.98. The number of benzene rings is 1. The minimum atomic E-state index is -1.51. The lowest BCUT2D eigenvalue weighted by atomic mass is 9.69. The highest BCUT2D eigenvalue weighted by molar-refractivity contribution is 5.93. The zero-order valence-corrected chi connectivity index (χ0v) is 48.8. The first-order chi connectivity index (χ1) is 38.1. The number of hydrogen-bond donors (Lipinski definition) is 11. The number of rotatable bonds is 16. The molecule has 1 spiro atoms. The topological polar surface area (TPSA) is 314 Å². The van der Waals surface area contributed by atoms with Gasteiger partial charge in [0.15, 0.2) is 0 Å². The van der Waals surface area contributed by atoms with Gasteiger partial charge in [0.1, 0.15) is 47.3 Å². The number of piperidine rings is 1. The monoisotopic (exact) mass is 1140 g/mol. The van der Waals surface area contributed by atoms with Gasteiger partial charge in [0, 0.05) is 67.9 Å². The summed E-state index contributed by atoms with van der Waals surface area (Å²) in [6.07, 6.45) is 0.224. The van der Waals surface area contributed by atoms with Gasteiger partial charge in [-0.25, -0.2) is 9.82 Å². The summed E-state index contributed by atoms with van der Waals surface area (Å²) in [5.41, 5.74) is 2.31. The molecule has 4 amide bonds. The van der Waals surface area contributed by atoms with Crippen LogP contribution in [0.2, 0.25) is 0 Å². The van der Waals surface area contributed by atoms with E-state index in [-0.39, 0.29) is 92.9 Å². The van der Waals surface area contributed by atoms with Crippen molar-refractivity contribution in [1.29, 1.82) is 0 Å². The van der Waals surface area contributed by atoms with Crippen molar-refractivity contribution in [3.8, 4) is 5.75 Å². The maximum atomic E-state index is 14.6. The van der Waals surface area contributed by atoms with Crippen LogP contribution in [0.25, 0.3) is 0 Å². The number of esters is 1. The maximum Gasteiger partial charge on any atom is 0.325 e. The second-order valence-corrected chi connectivity index (χ2v) is 23.9. The van der Waals surface area contributed by atoms with Gasteiger partial charge in [-0.05, 0) is 93.9 Å². The van der Waals surface area contributed by atoms with Crippen molar-refractivity contribution in [2.45, 2.75) is 213 Å². The van der Waals surface area contributed by atoms with Gasteiger partial charge in [0.25, 0.3) is 5.91 Å². The fourth-order valence-corrected chi connectivity index (χ4v) is 11.7. The van der Waals surface area contributed by atoms with Crippen molar-refractivity contribution >= 4 is 35.4 Å². The van der Waals surface area contributed by atoms with Crippen LogP contribution < -0.4 is 21.4 Å². The van der Waals surface area contributed by atoms with Crippen molar-refractivity contribution in [3.05, 3.63) is 65.5 Å². The van der Waals surface area contributed by atoms with E-state index >= 15 is 0 Å². The lowest BCUT2D eigenvalue weighted by Gasteiger charge is -2.56. The molecule has 3 fully saturated rings. The van der Waals surface area contributed by atoms with Crippen LogP contribution in [-0.4, -0.2) is 155 Å². The van der Waals surface area contributed by atoms with Gasteiger partial charge in [0.2, 0.25) is 17.7 Å². The second kappa shape index (κ2) is 29.9. The molecule has 1 aromatic carbocycles. The molecule has 4 heterocycles. The Morgan fingerprint density at radius 2 is 1.60 bits per heavy atom. The van der Waals surface area contributed by atoms with Crippen LogP contribution in [0.5, 0.6) is 5.75 Å². The number of nitrogens with zero attached hydrogens (tertiary/aromatic N) is 1. The number of cyclic esters (lactones) is 1. The summed E-state index contributed by atoms with van der Waals surface area (Å²) in [5, 5.41) is 88.4. The van der Waals surface area contributed by atoms with Crippen LogP contribution in [0.1, 0.15) is 139 Å². The Morgan fingerprint density at radius 3 is 2.26 bits per heavy atom. The van der Waals surface area contributed by atoms with E-state index in [1.807, 2.05) is 34.6 Å². The molecule has 1 aromatic rings. The molecule has 19 atom stereocenters. The number of nitrogens with one attached hydrogen (secondary N) is 4. The number of aliphatic hydroxyl groups excluding tert-OH is 6. The van der Waals surface area contributed by atoms with E-state index < -0.39 is 138 Å². The van der Waals surface area contributed by atoms with Gasteiger partial charge in [-0.1, -0.05) is 85.8 Å². The molecular formula is C60H92FN5O15. The molecule has 0 radical (unpaired) electrons. The molecular weight excluding hydrogens is 1050 g/mol. The summed E-state index contributed by atoms with van der Waals surface area (Å²) in [6.45, 7) is 17.3. The number of allylic oxidation sites excluding steroid dienone is 2. The first-order valence-corrected chi connectivity index (χ1v) is 29.0. The predicted octanol–water partition coefficient (Wildman–Crippen LogP) is 3.71. The molecule has 4 aliphatic rings. The van der Waals surface area contributed by atoms with E-state index in [1.165, 1.54) is 38.1 Å². The smallest absolute Gasteiger partial charge is 0.325 e.